The number of benzene rings is 2. The van der Waals surface area contributed by atoms with E-state index in [9.17, 15) is 0 Å². The van der Waals surface area contributed by atoms with Gasteiger partial charge < -0.3 is 10.2 Å². The number of nitrogens with zero attached hydrogens (tertiary/aromatic N) is 3. The summed E-state index contributed by atoms with van der Waals surface area (Å²) >= 11 is 13.3. The van der Waals surface area contributed by atoms with Crippen molar-refractivity contribution < 1.29 is 0 Å². The summed E-state index contributed by atoms with van der Waals surface area (Å²) in [7, 11) is 0. The van der Waals surface area contributed by atoms with E-state index in [0.29, 0.717) is 16.9 Å². The van der Waals surface area contributed by atoms with Crippen LogP contribution < -0.4 is 5.32 Å². The molecule has 1 atom stereocenters. The summed E-state index contributed by atoms with van der Waals surface area (Å²) in [5.74, 6) is 1.49. The van der Waals surface area contributed by atoms with Crippen molar-refractivity contribution in [1.82, 2.24) is 14.9 Å². The number of anilines is 1. The quantitative estimate of drug-likeness (QED) is 0.238. The van der Waals surface area contributed by atoms with E-state index in [2.05, 4.69) is 62.8 Å². The summed E-state index contributed by atoms with van der Waals surface area (Å²) in [5, 5.41) is 5.25. The van der Waals surface area contributed by atoms with E-state index in [0.717, 1.165) is 63.7 Å². The van der Waals surface area contributed by atoms with Gasteiger partial charge in [0.15, 0.2) is 5.82 Å². The molecule has 3 rings (SSSR count). The van der Waals surface area contributed by atoms with Crippen LogP contribution >= 0.6 is 68.3 Å². The van der Waals surface area contributed by atoms with Crippen molar-refractivity contribution in [3.63, 3.8) is 0 Å². The minimum atomic E-state index is 0. The van der Waals surface area contributed by atoms with Gasteiger partial charge in [-0.1, -0.05) is 69.5 Å². The fraction of sp³-hybridized carbons (Fsp3) is 0.360. The fourth-order valence-corrected chi connectivity index (χ4v) is 4.92. The highest BCUT2D eigenvalue weighted by molar-refractivity contribution is 9.11. The summed E-state index contributed by atoms with van der Waals surface area (Å²) in [6.07, 6.45) is 6.17. The molecule has 1 heterocycles. The Morgan fingerprint density at radius 2 is 1.76 bits per heavy atom. The van der Waals surface area contributed by atoms with Crippen molar-refractivity contribution in [2.24, 2.45) is 0 Å². The van der Waals surface area contributed by atoms with Gasteiger partial charge in [-0.3, -0.25) is 0 Å². The summed E-state index contributed by atoms with van der Waals surface area (Å²) in [6.45, 7) is 9.95. The highest BCUT2D eigenvalue weighted by Crippen LogP contribution is 2.27. The van der Waals surface area contributed by atoms with Gasteiger partial charge in [-0.25, -0.2) is 9.97 Å². The molecular weight excluding hydrogens is 622 g/mol. The van der Waals surface area contributed by atoms with E-state index in [-0.39, 0.29) is 24.8 Å². The Bertz CT molecular complexity index is 1090. The Morgan fingerprint density at radius 1 is 1.03 bits per heavy atom. The lowest BCUT2D eigenvalue weighted by molar-refractivity contribution is 0.295. The van der Waals surface area contributed by atoms with Crippen molar-refractivity contribution >= 4 is 97.1 Å². The smallest absolute Gasteiger partial charge is 0.154 e. The number of hydrogen-bond donors (Lipinski definition) is 1. The Labute approximate surface area is 237 Å². The molecule has 0 fully saturated rings. The number of fused-ring (bicyclic) bond motifs is 1. The van der Waals surface area contributed by atoms with Gasteiger partial charge >= 0.3 is 0 Å². The molecule has 0 radical (unpaired) electrons. The minimum Gasteiger partial charge on any atom is -0.367 e. The van der Waals surface area contributed by atoms with Crippen molar-refractivity contribution in [1.29, 1.82) is 0 Å². The molecule has 0 aliphatic rings. The molecule has 0 aliphatic carbocycles. The first-order valence-electron chi connectivity index (χ1n) is 11.0. The maximum absolute atomic E-state index is 6.25. The standard InChI is InChI=1S/C25H29Br2ClN4.2ClH/c1-4-32(5-2)14-6-7-17(3)29-25-21-12-11-20(28)16-23(21)30-24(31-25)13-9-18-8-10-19(26)15-22(18)27;;/h8-13,15-17H,4-7,14H2,1-3H3,(H,29,30,31);2*1H. The van der Waals surface area contributed by atoms with Gasteiger partial charge in [0.25, 0.3) is 0 Å². The van der Waals surface area contributed by atoms with Gasteiger partial charge in [-0.2, -0.15) is 0 Å². The summed E-state index contributed by atoms with van der Waals surface area (Å²) in [5.41, 5.74) is 1.89. The van der Waals surface area contributed by atoms with Gasteiger partial charge in [0.1, 0.15) is 5.82 Å². The lowest BCUT2D eigenvalue weighted by Crippen LogP contribution is -2.25. The number of hydrogen-bond acceptors (Lipinski definition) is 4. The van der Waals surface area contributed by atoms with Crippen LogP contribution in [0.2, 0.25) is 5.02 Å². The average molecular weight is 654 g/mol. The highest BCUT2D eigenvalue weighted by atomic mass is 79.9. The van der Waals surface area contributed by atoms with Crippen LogP contribution in [-0.4, -0.2) is 40.5 Å². The summed E-state index contributed by atoms with van der Waals surface area (Å²) < 4.78 is 2.03. The molecule has 0 aliphatic heterocycles. The first kappa shape index (κ1) is 31.1. The Kier molecular flexibility index (Phi) is 14.0. The van der Waals surface area contributed by atoms with Gasteiger partial charge in [0.2, 0.25) is 0 Å². The third kappa shape index (κ3) is 8.96. The number of aromatic nitrogens is 2. The molecule has 1 aromatic heterocycles. The number of halogens is 5. The van der Waals surface area contributed by atoms with Crippen LogP contribution in [0.25, 0.3) is 23.1 Å². The van der Waals surface area contributed by atoms with Crippen LogP contribution in [0, 0.1) is 0 Å². The van der Waals surface area contributed by atoms with Gasteiger partial charge in [-0.05, 0) is 81.4 Å². The molecule has 0 spiro atoms. The van der Waals surface area contributed by atoms with Crippen molar-refractivity contribution in [3.8, 4) is 0 Å². The van der Waals surface area contributed by atoms with E-state index in [4.69, 9.17) is 21.6 Å². The maximum atomic E-state index is 6.25. The molecular formula is C25H31Br2Cl3N4. The second-order valence-electron chi connectivity index (χ2n) is 7.81. The third-order valence-corrected chi connectivity index (χ3v) is 6.85. The molecule has 0 amide bonds. The number of nitrogens with one attached hydrogen (secondary N) is 1. The van der Waals surface area contributed by atoms with Crippen LogP contribution in [0.3, 0.4) is 0 Å². The zero-order chi connectivity index (χ0) is 23.1. The van der Waals surface area contributed by atoms with Crippen LogP contribution in [0.15, 0.2) is 45.3 Å². The lowest BCUT2D eigenvalue weighted by atomic mass is 10.1. The molecule has 34 heavy (non-hydrogen) atoms. The average Bonchev–Trinajstić information content (AvgIpc) is 2.76. The lowest BCUT2D eigenvalue weighted by Gasteiger charge is -2.20. The highest BCUT2D eigenvalue weighted by Gasteiger charge is 2.11. The summed E-state index contributed by atoms with van der Waals surface area (Å²) in [6, 6.07) is 12.1. The first-order valence-corrected chi connectivity index (χ1v) is 12.9. The molecule has 2 aromatic carbocycles. The SMILES string of the molecule is CCN(CC)CCCC(C)Nc1nc(C=Cc2ccc(Br)cc2Br)nc2cc(Cl)ccc12.Cl.Cl. The topological polar surface area (TPSA) is 41.0 Å². The second-order valence-corrected chi connectivity index (χ2v) is 10.0. The molecule has 186 valence electrons. The monoisotopic (exact) mass is 650 g/mol. The largest absolute Gasteiger partial charge is 0.367 e. The molecule has 0 bridgehead atoms. The van der Waals surface area contributed by atoms with Gasteiger partial charge in [0.05, 0.1) is 5.52 Å². The zero-order valence-corrected chi connectivity index (χ0v) is 25.1. The van der Waals surface area contributed by atoms with Crippen LogP contribution in [0.5, 0.6) is 0 Å². The van der Waals surface area contributed by atoms with E-state index < -0.39 is 0 Å². The molecule has 0 saturated heterocycles. The van der Waals surface area contributed by atoms with Crippen molar-refractivity contribution in [2.45, 2.75) is 39.7 Å². The van der Waals surface area contributed by atoms with Gasteiger partial charge in [-0.15, -0.1) is 24.8 Å². The predicted molar refractivity (Wildman–Crippen MR) is 160 cm³/mol. The number of rotatable bonds is 10. The second kappa shape index (κ2) is 15.3. The van der Waals surface area contributed by atoms with Crippen LogP contribution in [-0.2, 0) is 0 Å². The van der Waals surface area contributed by atoms with E-state index in [1.807, 2.05) is 48.6 Å². The molecule has 4 nitrogen and oxygen atoms in total. The Morgan fingerprint density at radius 3 is 2.44 bits per heavy atom. The normalized spacial score (nSPS) is 12.0. The van der Waals surface area contributed by atoms with E-state index in [1.54, 1.807) is 0 Å². The maximum Gasteiger partial charge on any atom is 0.154 e. The molecule has 1 N–H and O–H groups in total. The van der Waals surface area contributed by atoms with Gasteiger partial charge in [0, 0.05) is 25.4 Å². The molecule has 1 unspecified atom stereocenters. The van der Waals surface area contributed by atoms with E-state index >= 15 is 0 Å². The van der Waals surface area contributed by atoms with Crippen LogP contribution in [0.1, 0.15) is 45.0 Å². The summed E-state index contributed by atoms with van der Waals surface area (Å²) in [4.78, 5) is 12.0. The third-order valence-electron chi connectivity index (χ3n) is 5.44. The first-order chi connectivity index (χ1) is 15.4. The zero-order valence-electron chi connectivity index (χ0n) is 19.5. The van der Waals surface area contributed by atoms with E-state index in [1.165, 1.54) is 0 Å². The van der Waals surface area contributed by atoms with Crippen molar-refractivity contribution in [2.75, 3.05) is 25.0 Å². The molecule has 0 saturated carbocycles. The Hall–Kier alpha value is -0.890. The molecule has 9 heteroatoms. The van der Waals surface area contributed by atoms with Crippen molar-refractivity contribution in [3.05, 3.63) is 61.8 Å². The van der Waals surface area contributed by atoms with Crippen LogP contribution in [0.4, 0.5) is 5.82 Å². The molecule has 3 aromatic rings. The predicted octanol–water partition coefficient (Wildman–Crippen LogP) is 8.74. The fourth-order valence-electron chi connectivity index (χ4n) is 3.57. The Balaban J connectivity index is 0.00000289. The minimum absolute atomic E-state index is 0.